The zero-order valence-corrected chi connectivity index (χ0v) is 13.5. The molecular weight excluding hydrogens is 326 g/mol. The molecule has 1 fully saturated rings. The van der Waals surface area contributed by atoms with Gasteiger partial charge in [0.05, 0.1) is 15.0 Å². The summed E-state index contributed by atoms with van der Waals surface area (Å²) >= 11 is 8.64. The molecule has 1 aliphatic rings. The maximum atomic E-state index is 5.82. The van der Waals surface area contributed by atoms with E-state index in [9.17, 15) is 0 Å². The third kappa shape index (κ3) is 3.04. The standard InChI is InChI=1S/C12H18BrN5S/c1-12(2,11(14)19)18-5-3-17(4-6-18)10-9(13)7-15-8-16-10/h7-8H,3-6H2,1-2H3,(H2,14,19). The van der Waals surface area contributed by atoms with Crippen LogP contribution in [0.25, 0.3) is 0 Å². The van der Waals surface area contributed by atoms with Gasteiger partial charge in [-0.05, 0) is 29.8 Å². The summed E-state index contributed by atoms with van der Waals surface area (Å²) < 4.78 is 0.928. The lowest BCUT2D eigenvalue weighted by molar-refractivity contribution is 0.168. The number of hydrogen-bond acceptors (Lipinski definition) is 5. The Hall–Kier alpha value is -0.790. The van der Waals surface area contributed by atoms with E-state index in [1.54, 1.807) is 12.5 Å². The summed E-state index contributed by atoms with van der Waals surface area (Å²) in [6.07, 6.45) is 3.35. The van der Waals surface area contributed by atoms with Gasteiger partial charge in [0.2, 0.25) is 0 Å². The van der Waals surface area contributed by atoms with Gasteiger partial charge in [0.25, 0.3) is 0 Å². The van der Waals surface area contributed by atoms with E-state index in [0.29, 0.717) is 4.99 Å². The highest BCUT2D eigenvalue weighted by Gasteiger charge is 2.32. The zero-order valence-electron chi connectivity index (χ0n) is 11.1. The Morgan fingerprint density at radius 1 is 1.37 bits per heavy atom. The minimum absolute atomic E-state index is 0.232. The van der Waals surface area contributed by atoms with Gasteiger partial charge in [0, 0.05) is 32.4 Å². The minimum Gasteiger partial charge on any atom is -0.392 e. The van der Waals surface area contributed by atoms with E-state index >= 15 is 0 Å². The first-order chi connectivity index (χ1) is 8.93. The van der Waals surface area contributed by atoms with Gasteiger partial charge >= 0.3 is 0 Å². The molecule has 7 heteroatoms. The molecule has 2 rings (SSSR count). The average Bonchev–Trinajstić information content (AvgIpc) is 2.39. The van der Waals surface area contributed by atoms with Crippen molar-refractivity contribution in [3.8, 4) is 0 Å². The van der Waals surface area contributed by atoms with Crippen LogP contribution in [0.2, 0.25) is 0 Å². The molecule has 5 nitrogen and oxygen atoms in total. The van der Waals surface area contributed by atoms with Gasteiger partial charge in [-0.1, -0.05) is 12.2 Å². The Bertz CT molecular complexity index is 471. The van der Waals surface area contributed by atoms with Gasteiger partial charge in [0.1, 0.15) is 12.1 Å². The second-order valence-electron chi connectivity index (χ2n) is 5.09. The fraction of sp³-hybridized carbons (Fsp3) is 0.583. The van der Waals surface area contributed by atoms with E-state index in [1.807, 2.05) is 0 Å². The molecule has 2 N–H and O–H groups in total. The van der Waals surface area contributed by atoms with Crippen LogP contribution in [0, 0.1) is 0 Å². The van der Waals surface area contributed by atoms with E-state index in [4.69, 9.17) is 18.0 Å². The summed E-state index contributed by atoms with van der Waals surface area (Å²) in [5.41, 5.74) is 5.59. The molecule has 1 aromatic heterocycles. The smallest absolute Gasteiger partial charge is 0.146 e. The van der Waals surface area contributed by atoms with Crippen LogP contribution in [0.5, 0.6) is 0 Å². The summed E-state index contributed by atoms with van der Waals surface area (Å²) in [4.78, 5) is 13.4. The average molecular weight is 344 g/mol. The van der Waals surface area contributed by atoms with Crippen LogP contribution in [-0.2, 0) is 0 Å². The first-order valence-electron chi connectivity index (χ1n) is 6.18. The minimum atomic E-state index is -0.232. The van der Waals surface area contributed by atoms with E-state index in [1.165, 1.54) is 0 Å². The SMILES string of the molecule is CC(C)(C(N)=S)N1CCN(c2ncncc2Br)CC1. The third-order valence-electron chi connectivity index (χ3n) is 3.62. The molecule has 0 unspecified atom stereocenters. The van der Waals surface area contributed by atoms with Crippen molar-refractivity contribution in [2.24, 2.45) is 5.73 Å². The third-order valence-corrected chi connectivity index (χ3v) is 4.68. The molecule has 0 radical (unpaired) electrons. The number of halogens is 1. The Morgan fingerprint density at radius 2 is 2.00 bits per heavy atom. The van der Waals surface area contributed by atoms with Crippen LogP contribution in [0.1, 0.15) is 13.8 Å². The Balaban J connectivity index is 2.04. The lowest BCUT2D eigenvalue weighted by Gasteiger charge is -2.43. The van der Waals surface area contributed by atoms with Crippen molar-refractivity contribution in [3.05, 3.63) is 17.0 Å². The van der Waals surface area contributed by atoms with E-state index in [2.05, 4.69) is 49.5 Å². The van der Waals surface area contributed by atoms with Crippen LogP contribution < -0.4 is 10.6 Å². The van der Waals surface area contributed by atoms with Crippen LogP contribution >= 0.6 is 28.1 Å². The highest BCUT2D eigenvalue weighted by atomic mass is 79.9. The second-order valence-corrected chi connectivity index (χ2v) is 6.39. The first kappa shape index (κ1) is 14.6. The summed E-state index contributed by atoms with van der Waals surface area (Å²) in [6, 6.07) is 0. The summed E-state index contributed by atoms with van der Waals surface area (Å²) in [5, 5.41) is 0. The van der Waals surface area contributed by atoms with Crippen LogP contribution in [0.4, 0.5) is 5.82 Å². The first-order valence-corrected chi connectivity index (χ1v) is 7.38. The topological polar surface area (TPSA) is 58.3 Å². The number of hydrogen-bond donors (Lipinski definition) is 1. The van der Waals surface area contributed by atoms with Gasteiger partial charge in [-0.2, -0.15) is 0 Å². The fourth-order valence-corrected chi connectivity index (χ4v) is 2.77. The highest BCUT2D eigenvalue weighted by molar-refractivity contribution is 9.10. The lowest BCUT2D eigenvalue weighted by Crippen LogP contribution is -2.59. The number of rotatable bonds is 3. The number of nitrogens with two attached hydrogens (primary N) is 1. The predicted molar refractivity (Wildman–Crippen MR) is 84.4 cm³/mol. The number of anilines is 1. The normalized spacial score (nSPS) is 17.5. The molecule has 19 heavy (non-hydrogen) atoms. The van der Waals surface area contributed by atoms with Crippen LogP contribution in [-0.4, -0.2) is 51.6 Å². The molecule has 0 spiro atoms. The molecule has 2 heterocycles. The Kier molecular flexibility index (Phi) is 4.37. The molecule has 1 aliphatic heterocycles. The molecular formula is C12H18BrN5S. The fourth-order valence-electron chi connectivity index (χ4n) is 2.17. The van der Waals surface area contributed by atoms with Crippen molar-refractivity contribution < 1.29 is 0 Å². The number of nitrogens with zero attached hydrogens (tertiary/aromatic N) is 4. The van der Waals surface area contributed by atoms with E-state index in [-0.39, 0.29) is 5.54 Å². The van der Waals surface area contributed by atoms with E-state index in [0.717, 1.165) is 36.5 Å². The van der Waals surface area contributed by atoms with Gasteiger partial charge in [-0.25, -0.2) is 9.97 Å². The molecule has 0 bridgehead atoms. The Labute approximate surface area is 127 Å². The number of piperazine rings is 1. The molecule has 0 aromatic carbocycles. The maximum absolute atomic E-state index is 5.82. The molecule has 0 amide bonds. The quantitative estimate of drug-likeness (QED) is 0.837. The monoisotopic (exact) mass is 343 g/mol. The molecule has 1 aromatic rings. The Morgan fingerprint density at radius 3 is 2.53 bits per heavy atom. The van der Waals surface area contributed by atoms with Crippen LogP contribution in [0.15, 0.2) is 17.0 Å². The van der Waals surface area contributed by atoms with Crippen molar-refractivity contribution in [2.45, 2.75) is 19.4 Å². The van der Waals surface area contributed by atoms with Gasteiger partial charge < -0.3 is 10.6 Å². The number of thiocarbonyl (C=S) groups is 1. The largest absolute Gasteiger partial charge is 0.392 e. The lowest BCUT2D eigenvalue weighted by atomic mass is 10.0. The van der Waals surface area contributed by atoms with Crippen molar-refractivity contribution in [3.63, 3.8) is 0 Å². The van der Waals surface area contributed by atoms with Crippen LogP contribution in [0.3, 0.4) is 0 Å². The second kappa shape index (κ2) is 5.68. The number of aromatic nitrogens is 2. The van der Waals surface area contributed by atoms with Crippen molar-refractivity contribution >= 4 is 39.0 Å². The highest BCUT2D eigenvalue weighted by Crippen LogP contribution is 2.25. The van der Waals surface area contributed by atoms with E-state index < -0.39 is 0 Å². The summed E-state index contributed by atoms with van der Waals surface area (Å²) in [5.74, 6) is 0.947. The van der Waals surface area contributed by atoms with Crippen molar-refractivity contribution in [2.75, 3.05) is 31.1 Å². The summed E-state index contributed by atoms with van der Waals surface area (Å²) in [7, 11) is 0. The molecule has 104 valence electrons. The van der Waals surface area contributed by atoms with Crippen molar-refractivity contribution in [1.29, 1.82) is 0 Å². The summed E-state index contributed by atoms with van der Waals surface area (Å²) in [6.45, 7) is 7.79. The maximum Gasteiger partial charge on any atom is 0.146 e. The predicted octanol–water partition coefficient (Wildman–Crippen LogP) is 1.43. The van der Waals surface area contributed by atoms with Gasteiger partial charge in [-0.3, -0.25) is 4.90 Å². The van der Waals surface area contributed by atoms with Crippen molar-refractivity contribution in [1.82, 2.24) is 14.9 Å². The van der Waals surface area contributed by atoms with Gasteiger partial charge in [0.15, 0.2) is 0 Å². The zero-order chi connectivity index (χ0) is 14.0. The molecule has 0 atom stereocenters. The molecule has 0 aliphatic carbocycles. The van der Waals surface area contributed by atoms with Gasteiger partial charge in [-0.15, -0.1) is 0 Å². The molecule has 0 saturated carbocycles. The molecule has 1 saturated heterocycles.